The lowest BCUT2D eigenvalue weighted by Crippen LogP contribution is -2.17. The summed E-state index contributed by atoms with van der Waals surface area (Å²) in [5.41, 5.74) is 3.82. The summed E-state index contributed by atoms with van der Waals surface area (Å²) in [5.74, 6) is 2.31. The third kappa shape index (κ3) is 4.86. The fourth-order valence-corrected chi connectivity index (χ4v) is 4.37. The molecule has 2 aromatic carbocycles. The van der Waals surface area contributed by atoms with Crippen LogP contribution in [0.4, 0.5) is 11.5 Å². The summed E-state index contributed by atoms with van der Waals surface area (Å²) in [4.78, 5) is 27.5. The number of rotatable bonds is 8. The molecule has 0 bridgehead atoms. The van der Waals surface area contributed by atoms with Crippen molar-refractivity contribution in [3.05, 3.63) is 69.1 Å². The summed E-state index contributed by atoms with van der Waals surface area (Å²) in [5, 5.41) is 1.34. The molecule has 0 spiro atoms. The fourth-order valence-electron chi connectivity index (χ4n) is 3.56. The maximum Gasteiger partial charge on any atom is 0.328 e. The summed E-state index contributed by atoms with van der Waals surface area (Å²) < 4.78 is 6.93. The fraction of sp³-hybridized carbons (Fsp3) is 0.292. The average Bonchev–Trinajstić information content (AvgIpc) is 3.14. The number of nitrogens with zero attached hydrogens (tertiary/aromatic N) is 4. The first kappa shape index (κ1) is 23.2. The van der Waals surface area contributed by atoms with Crippen LogP contribution in [0.2, 0.25) is 5.02 Å². The van der Waals surface area contributed by atoms with Crippen LogP contribution in [-0.4, -0.2) is 39.4 Å². The van der Waals surface area contributed by atoms with Crippen LogP contribution < -0.4 is 15.3 Å². The first-order valence-electron chi connectivity index (χ1n) is 10.7. The van der Waals surface area contributed by atoms with Gasteiger partial charge >= 0.3 is 5.69 Å². The Bertz CT molecular complexity index is 1330. The number of hydrogen-bond donors (Lipinski definition) is 1. The second-order valence-electron chi connectivity index (χ2n) is 7.73. The van der Waals surface area contributed by atoms with Crippen molar-refractivity contribution >= 4 is 46.0 Å². The Labute approximate surface area is 201 Å². The maximum atomic E-state index is 13.0. The zero-order valence-electron chi connectivity index (χ0n) is 19.1. The van der Waals surface area contributed by atoms with E-state index in [2.05, 4.69) is 11.9 Å². The third-order valence-electron chi connectivity index (χ3n) is 5.36. The van der Waals surface area contributed by atoms with E-state index in [1.165, 1.54) is 0 Å². The van der Waals surface area contributed by atoms with Crippen molar-refractivity contribution in [2.75, 3.05) is 24.8 Å². The third-order valence-corrected chi connectivity index (χ3v) is 6.84. The van der Waals surface area contributed by atoms with Crippen molar-refractivity contribution in [1.82, 2.24) is 19.5 Å². The predicted molar refractivity (Wildman–Crippen MR) is 136 cm³/mol. The van der Waals surface area contributed by atoms with E-state index in [1.54, 1.807) is 23.4 Å². The van der Waals surface area contributed by atoms with Crippen molar-refractivity contribution < 1.29 is 4.74 Å². The quantitative estimate of drug-likeness (QED) is 0.267. The average molecular weight is 484 g/mol. The second-order valence-corrected chi connectivity index (χ2v) is 9.20. The molecule has 7 nitrogen and oxygen atoms in total. The molecule has 4 aromatic rings. The summed E-state index contributed by atoms with van der Waals surface area (Å²) >= 11 is 7.76. The highest BCUT2D eigenvalue weighted by molar-refractivity contribution is 7.99. The van der Waals surface area contributed by atoms with Gasteiger partial charge in [0.2, 0.25) is 0 Å². The molecule has 0 saturated heterocycles. The molecule has 1 N–H and O–H groups in total. The van der Waals surface area contributed by atoms with Crippen LogP contribution in [0.25, 0.3) is 11.2 Å². The molecule has 0 unspecified atom stereocenters. The lowest BCUT2D eigenvalue weighted by molar-refractivity contribution is 0.415. The number of hydrogen-bond acceptors (Lipinski definition) is 6. The Kier molecular flexibility index (Phi) is 6.95. The van der Waals surface area contributed by atoms with Gasteiger partial charge in [-0.15, -0.1) is 0 Å². The van der Waals surface area contributed by atoms with Gasteiger partial charge in [0, 0.05) is 23.5 Å². The lowest BCUT2D eigenvalue weighted by Gasteiger charge is -2.20. The van der Waals surface area contributed by atoms with Crippen molar-refractivity contribution in [2.45, 2.75) is 32.0 Å². The van der Waals surface area contributed by atoms with Crippen molar-refractivity contribution in [3.63, 3.8) is 0 Å². The van der Waals surface area contributed by atoms with E-state index in [0.29, 0.717) is 33.7 Å². The van der Waals surface area contributed by atoms with Crippen LogP contribution in [0.15, 0.2) is 52.4 Å². The van der Waals surface area contributed by atoms with Crippen LogP contribution in [0, 0.1) is 6.92 Å². The van der Waals surface area contributed by atoms with Gasteiger partial charge in [0.05, 0.1) is 13.7 Å². The van der Waals surface area contributed by atoms with Gasteiger partial charge in [-0.1, -0.05) is 42.4 Å². The molecule has 0 atom stereocenters. The number of nitrogens with one attached hydrogen (secondary N) is 1. The second kappa shape index (κ2) is 9.89. The zero-order valence-corrected chi connectivity index (χ0v) is 20.6. The lowest BCUT2D eigenvalue weighted by atomic mass is 10.1. The minimum absolute atomic E-state index is 0.228. The van der Waals surface area contributed by atoms with Gasteiger partial charge in [-0.2, -0.15) is 0 Å². The molecule has 0 fully saturated rings. The summed E-state index contributed by atoms with van der Waals surface area (Å²) in [7, 11) is 3.57. The number of anilines is 2. The molecule has 0 amide bonds. The molecule has 2 heterocycles. The van der Waals surface area contributed by atoms with E-state index in [9.17, 15) is 4.79 Å². The van der Waals surface area contributed by atoms with E-state index in [4.69, 9.17) is 26.3 Å². The highest BCUT2D eigenvalue weighted by atomic mass is 35.5. The van der Waals surface area contributed by atoms with Crippen LogP contribution >= 0.6 is 23.4 Å². The minimum atomic E-state index is -0.228. The molecule has 2 aromatic heterocycles. The maximum absolute atomic E-state index is 13.0. The number of fused-ring (bicyclic) bond motifs is 1. The number of aryl methyl sites for hydroxylation is 1. The first-order chi connectivity index (χ1) is 15.9. The Morgan fingerprint density at radius 3 is 2.61 bits per heavy atom. The van der Waals surface area contributed by atoms with Gasteiger partial charge in [-0.05, 0) is 54.8 Å². The molecule has 172 valence electrons. The SMILES string of the molecule is CCCSc1nc(N(C)c2ccc(OC)cc2)c2[nH]c(=O)n(Cc3ccc(Cl)c(C)c3)c2n1. The summed E-state index contributed by atoms with van der Waals surface area (Å²) in [6.07, 6.45) is 1.000. The zero-order chi connectivity index (χ0) is 23.5. The number of aromatic amines is 1. The smallest absolute Gasteiger partial charge is 0.328 e. The highest BCUT2D eigenvalue weighted by Gasteiger charge is 2.19. The van der Waals surface area contributed by atoms with Gasteiger partial charge in [0.1, 0.15) is 11.3 Å². The number of imidazole rings is 1. The topological polar surface area (TPSA) is 76.0 Å². The predicted octanol–water partition coefficient (Wildman–Crippen LogP) is 5.41. The largest absolute Gasteiger partial charge is 0.497 e. The molecular weight excluding hydrogens is 458 g/mol. The number of thioether (sulfide) groups is 1. The molecule has 0 aliphatic heterocycles. The Hall–Kier alpha value is -2.97. The Balaban J connectivity index is 1.82. The van der Waals surface area contributed by atoms with E-state index < -0.39 is 0 Å². The molecule has 4 rings (SSSR count). The van der Waals surface area contributed by atoms with Gasteiger partial charge in [-0.3, -0.25) is 4.57 Å². The number of methoxy groups -OCH3 is 1. The molecule has 0 aliphatic rings. The molecule has 33 heavy (non-hydrogen) atoms. The van der Waals surface area contributed by atoms with Crippen LogP contribution in [0.5, 0.6) is 5.75 Å². The standard InChI is InChI=1S/C24H26ClN5O2S/c1-5-12-33-23-27-21(29(3)17-7-9-18(32-4)10-8-17)20-22(28-23)30(24(31)26-20)14-16-6-11-19(25)15(2)13-16/h6-11,13H,5,12,14H2,1-4H3,(H,26,31). The number of halogens is 1. The van der Waals surface area contributed by atoms with Gasteiger partial charge in [0.15, 0.2) is 16.6 Å². The molecule has 0 saturated carbocycles. The van der Waals surface area contributed by atoms with Crippen molar-refractivity contribution in [1.29, 1.82) is 0 Å². The monoisotopic (exact) mass is 483 g/mol. The Morgan fingerprint density at radius 1 is 1.18 bits per heavy atom. The number of benzene rings is 2. The van der Waals surface area contributed by atoms with E-state index in [0.717, 1.165) is 34.7 Å². The molecule has 9 heteroatoms. The van der Waals surface area contributed by atoms with Crippen LogP contribution in [-0.2, 0) is 6.54 Å². The minimum Gasteiger partial charge on any atom is -0.497 e. The van der Waals surface area contributed by atoms with Crippen molar-refractivity contribution in [2.24, 2.45) is 0 Å². The molecule has 0 radical (unpaired) electrons. The molecule has 0 aliphatic carbocycles. The van der Waals surface area contributed by atoms with Crippen molar-refractivity contribution in [3.8, 4) is 5.75 Å². The van der Waals surface area contributed by atoms with E-state index in [-0.39, 0.29) is 5.69 Å². The van der Waals surface area contributed by atoms with Gasteiger partial charge in [0.25, 0.3) is 0 Å². The summed E-state index contributed by atoms with van der Waals surface area (Å²) in [6.45, 7) is 4.45. The number of ether oxygens (including phenoxy) is 1. The van der Waals surface area contributed by atoms with E-state index >= 15 is 0 Å². The van der Waals surface area contributed by atoms with Crippen LogP contribution in [0.3, 0.4) is 0 Å². The first-order valence-corrected chi connectivity index (χ1v) is 12.0. The number of H-pyrrole nitrogens is 1. The highest BCUT2D eigenvalue weighted by Crippen LogP contribution is 2.31. The Morgan fingerprint density at radius 2 is 1.94 bits per heavy atom. The number of aromatic nitrogens is 4. The van der Waals surface area contributed by atoms with Gasteiger partial charge < -0.3 is 14.6 Å². The summed E-state index contributed by atoms with van der Waals surface area (Å²) in [6, 6.07) is 13.5. The normalized spacial score (nSPS) is 11.2. The van der Waals surface area contributed by atoms with Crippen LogP contribution in [0.1, 0.15) is 24.5 Å². The van der Waals surface area contributed by atoms with Gasteiger partial charge in [-0.25, -0.2) is 14.8 Å². The molecular formula is C24H26ClN5O2S. The van der Waals surface area contributed by atoms with E-state index in [1.807, 2.05) is 61.3 Å².